The molecular weight excluding hydrogens is 292 g/mol. The third kappa shape index (κ3) is 2.77. The highest BCUT2D eigenvalue weighted by Gasteiger charge is 2.39. The van der Waals surface area contributed by atoms with Crippen molar-refractivity contribution in [3.63, 3.8) is 0 Å². The van der Waals surface area contributed by atoms with Gasteiger partial charge >= 0.3 is 5.97 Å². The quantitative estimate of drug-likeness (QED) is 0.885. The van der Waals surface area contributed by atoms with Gasteiger partial charge in [0.1, 0.15) is 0 Å². The van der Waals surface area contributed by atoms with Crippen LogP contribution in [0.15, 0.2) is 24.3 Å². The second-order valence-electron chi connectivity index (χ2n) is 6.27. The number of aryl methyl sites for hydroxylation is 1. The van der Waals surface area contributed by atoms with Gasteiger partial charge in [-0.2, -0.15) is 5.10 Å². The summed E-state index contributed by atoms with van der Waals surface area (Å²) in [7, 11) is 0. The SMILES string of the molecule is CCOC(=O)c1nn(-c2cccc(C)c2)c2c1C(C)(O)CCC2. The van der Waals surface area contributed by atoms with Crippen LogP contribution in [-0.2, 0) is 16.8 Å². The zero-order valence-corrected chi connectivity index (χ0v) is 13.8. The van der Waals surface area contributed by atoms with E-state index in [9.17, 15) is 9.90 Å². The van der Waals surface area contributed by atoms with Crippen molar-refractivity contribution in [3.8, 4) is 5.69 Å². The number of aliphatic hydroxyl groups is 1. The van der Waals surface area contributed by atoms with Gasteiger partial charge in [-0.1, -0.05) is 12.1 Å². The van der Waals surface area contributed by atoms with Gasteiger partial charge in [-0.05, 0) is 57.7 Å². The minimum Gasteiger partial charge on any atom is -0.461 e. The van der Waals surface area contributed by atoms with Crippen LogP contribution in [-0.4, -0.2) is 27.5 Å². The lowest BCUT2D eigenvalue weighted by Gasteiger charge is -2.29. The lowest BCUT2D eigenvalue weighted by molar-refractivity contribution is 0.0328. The average molecular weight is 314 g/mol. The molecule has 0 saturated heterocycles. The highest BCUT2D eigenvalue weighted by Crippen LogP contribution is 2.38. The topological polar surface area (TPSA) is 64.3 Å². The molecule has 3 rings (SSSR count). The van der Waals surface area contributed by atoms with Gasteiger partial charge in [0, 0.05) is 5.56 Å². The van der Waals surface area contributed by atoms with Gasteiger partial charge in [-0.25, -0.2) is 9.48 Å². The molecule has 5 heteroatoms. The molecule has 23 heavy (non-hydrogen) atoms. The predicted molar refractivity (Wildman–Crippen MR) is 86.8 cm³/mol. The van der Waals surface area contributed by atoms with Crippen molar-refractivity contribution in [3.05, 3.63) is 46.8 Å². The molecule has 0 radical (unpaired) electrons. The number of fused-ring (bicyclic) bond motifs is 1. The third-order valence-corrected chi connectivity index (χ3v) is 4.31. The van der Waals surface area contributed by atoms with Crippen LogP contribution in [0, 0.1) is 6.92 Å². The van der Waals surface area contributed by atoms with Crippen molar-refractivity contribution >= 4 is 5.97 Å². The molecule has 0 aliphatic heterocycles. The largest absolute Gasteiger partial charge is 0.461 e. The van der Waals surface area contributed by atoms with E-state index in [2.05, 4.69) is 5.10 Å². The maximum absolute atomic E-state index is 12.3. The zero-order valence-electron chi connectivity index (χ0n) is 13.8. The number of rotatable bonds is 3. The third-order valence-electron chi connectivity index (χ3n) is 4.31. The molecule has 122 valence electrons. The average Bonchev–Trinajstić information content (AvgIpc) is 2.88. The van der Waals surface area contributed by atoms with Crippen LogP contribution < -0.4 is 0 Å². The Morgan fingerprint density at radius 2 is 2.26 bits per heavy atom. The molecule has 0 amide bonds. The lowest BCUT2D eigenvalue weighted by atomic mass is 9.82. The number of hydrogen-bond donors (Lipinski definition) is 1. The molecule has 0 saturated carbocycles. The van der Waals surface area contributed by atoms with Crippen LogP contribution in [0.2, 0.25) is 0 Å². The number of carbonyl (C=O) groups is 1. The summed E-state index contributed by atoms with van der Waals surface area (Å²) >= 11 is 0. The molecular formula is C18H22N2O3. The standard InChI is InChI=1S/C18H22N2O3/c1-4-23-17(21)16-15-14(9-6-10-18(15,3)22)20(19-16)13-8-5-7-12(2)11-13/h5,7-8,11,22H,4,6,9-10H2,1-3H3. The molecule has 0 fully saturated rings. The number of hydrogen-bond acceptors (Lipinski definition) is 4. The maximum atomic E-state index is 12.3. The first-order valence-corrected chi connectivity index (χ1v) is 8.03. The molecule has 0 bridgehead atoms. The van der Waals surface area contributed by atoms with Gasteiger partial charge in [0.05, 0.1) is 23.6 Å². The van der Waals surface area contributed by atoms with Gasteiger partial charge in [0.15, 0.2) is 5.69 Å². The van der Waals surface area contributed by atoms with E-state index in [1.54, 1.807) is 18.5 Å². The van der Waals surface area contributed by atoms with Crippen molar-refractivity contribution in [1.82, 2.24) is 9.78 Å². The molecule has 1 atom stereocenters. The summed E-state index contributed by atoms with van der Waals surface area (Å²) in [5.41, 5.74) is 2.70. The summed E-state index contributed by atoms with van der Waals surface area (Å²) in [4.78, 5) is 12.3. The Balaban J connectivity index is 2.21. The summed E-state index contributed by atoms with van der Waals surface area (Å²) in [6, 6.07) is 7.95. The van der Waals surface area contributed by atoms with E-state index in [0.717, 1.165) is 29.8 Å². The van der Waals surface area contributed by atoms with Crippen LogP contribution in [0.4, 0.5) is 0 Å². The van der Waals surface area contributed by atoms with E-state index in [0.29, 0.717) is 12.0 Å². The first-order chi connectivity index (χ1) is 10.9. The number of ether oxygens (including phenoxy) is 1. The van der Waals surface area contributed by atoms with Crippen LogP contribution in [0.1, 0.15) is 54.0 Å². The number of nitrogens with zero attached hydrogens (tertiary/aromatic N) is 2. The summed E-state index contributed by atoms with van der Waals surface area (Å²) in [5, 5.41) is 15.3. The Morgan fingerprint density at radius 3 is 2.96 bits per heavy atom. The number of esters is 1. The molecule has 2 aromatic rings. The second-order valence-corrected chi connectivity index (χ2v) is 6.27. The van der Waals surface area contributed by atoms with Crippen molar-refractivity contribution in [2.24, 2.45) is 0 Å². The van der Waals surface area contributed by atoms with Gasteiger partial charge in [-0.3, -0.25) is 0 Å². The fraction of sp³-hybridized carbons (Fsp3) is 0.444. The van der Waals surface area contributed by atoms with E-state index in [1.807, 2.05) is 31.2 Å². The summed E-state index contributed by atoms with van der Waals surface area (Å²) in [6.07, 6.45) is 2.26. The van der Waals surface area contributed by atoms with Crippen LogP contribution in [0.3, 0.4) is 0 Å². The molecule has 1 aliphatic carbocycles. The Morgan fingerprint density at radius 1 is 1.48 bits per heavy atom. The van der Waals surface area contributed by atoms with Crippen LogP contribution in [0.25, 0.3) is 5.69 Å². The van der Waals surface area contributed by atoms with Gasteiger partial charge in [-0.15, -0.1) is 0 Å². The Labute approximate surface area is 135 Å². The molecule has 0 spiro atoms. The fourth-order valence-corrected chi connectivity index (χ4v) is 3.29. The highest BCUT2D eigenvalue weighted by atomic mass is 16.5. The van der Waals surface area contributed by atoms with Crippen molar-refractivity contribution in [2.75, 3.05) is 6.61 Å². The van der Waals surface area contributed by atoms with E-state index in [-0.39, 0.29) is 12.3 Å². The first kappa shape index (κ1) is 15.7. The van der Waals surface area contributed by atoms with Crippen molar-refractivity contribution in [2.45, 2.75) is 45.6 Å². The minimum absolute atomic E-state index is 0.230. The molecule has 1 N–H and O–H groups in total. The summed E-state index contributed by atoms with van der Waals surface area (Å²) < 4.78 is 6.91. The molecule has 5 nitrogen and oxygen atoms in total. The summed E-state index contributed by atoms with van der Waals surface area (Å²) in [5.74, 6) is -0.475. The molecule has 1 aliphatic rings. The number of benzene rings is 1. The van der Waals surface area contributed by atoms with Gasteiger partial charge in [0.2, 0.25) is 0 Å². The van der Waals surface area contributed by atoms with Gasteiger partial charge in [0.25, 0.3) is 0 Å². The summed E-state index contributed by atoms with van der Waals surface area (Å²) in [6.45, 7) is 5.81. The smallest absolute Gasteiger partial charge is 0.359 e. The molecule has 1 heterocycles. The Hall–Kier alpha value is -2.14. The fourth-order valence-electron chi connectivity index (χ4n) is 3.29. The normalized spacial score (nSPS) is 20.2. The van der Waals surface area contributed by atoms with E-state index in [4.69, 9.17) is 4.74 Å². The maximum Gasteiger partial charge on any atom is 0.359 e. The molecule has 1 unspecified atom stereocenters. The Bertz CT molecular complexity index is 747. The number of aromatic nitrogens is 2. The first-order valence-electron chi connectivity index (χ1n) is 8.03. The van der Waals surface area contributed by atoms with Crippen LogP contribution in [0.5, 0.6) is 0 Å². The van der Waals surface area contributed by atoms with E-state index >= 15 is 0 Å². The molecule has 1 aromatic carbocycles. The predicted octanol–water partition coefficient (Wildman–Crippen LogP) is 2.90. The van der Waals surface area contributed by atoms with Crippen molar-refractivity contribution < 1.29 is 14.6 Å². The lowest BCUT2D eigenvalue weighted by Crippen LogP contribution is -2.29. The highest BCUT2D eigenvalue weighted by molar-refractivity contribution is 5.90. The molecule has 1 aromatic heterocycles. The van der Waals surface area contributed by atoms with Gasteiger partial charge < -0.3 is 9.84 Å². The monoisotopic (exact) mass is 314 g/mol. The van der Waals surface area contributed by atoms with E-state index < -0.39 is 11.6 Å². The van der Waals surface area contributed by atoms with E-state index in [1.165, 1.54) is 0 Å². The van der Waals surface area contributed by atoms with Crippen LogP contribution >= 0.6 is 0 Å². The zero-order chi connectivity index (χ0) is 16.6. The Kier molecular flexibility index (Phi) is 3.98. The van der Waals surface area contributed by atoms with Crippen molar-refractivity contribution in [1.29, 1.82) is 0 Å². The second kappa shape index (κ2) is 5.81. The number of carbonyl (C=O) groups excluding carboxylic acids is 1. The minimum atomic E-state index is -1.06.